The number of rotatable bonds is 13. The van der Waals surface area contributed by atoms with Gasteiger partial charge in [-0.15, -0.1) is 4.98 Å². The zero-order chi connectivity index (χ0) is 20.6. The number of nitrogens with one attached hydrogen (secondary N) is 2. The van der Waals surface area contributed by atoms with Crippen molar-refractivity contribution in [1.82, 2.24) is 29.9 Å². The number of unbranched alkanes of at least 4 members (excludes halogenated alkanes) is 2. The maximum absolute atomic E-state index is 12.5. The molecule has 1 heterocycles. The maximum atomic E-state index is 12.5. The van der Waals surface area contributed by atoms with Gasteiger partial charge in [0.15, 0.2) is 0 Å². The second kappa shape index (κ2) is 10.3. The number of nitrogens with zero attached hydrogens (tertiary/aromatic N) is 5. The van der Waals surface area contributed by atoms with E-state index in [1.807, 2.05) is 0 Å². The van der Waals surface area contributed by atoms with Crippen molar-refractivity contribution in [3.8, 4) is 0 Å². The third-order valence-corrected chi connectivity index (χ3v) is 5.38. The highest BCUT2D eigenvalue weighted by Crippen LogP contribution is 2.35. The lowest BCUT2D eigenvalue weighted by Gasteiger charge is -2.30. The Labute approximate surface area is 165 Å². The Hall–Kier alpha value is -2.33. The summed E-state index contributed by atoms with van der Waals surface area (Å²) in [5.41, 5.74) is 5.34. The number of aromatic nitrogens is 3. The van der Waals surface area contributed by atoms with Crippen LogP contribution in [0.4, 0.5) is 11.9 Å². The van der Waals surface area contributed by atoms with Gasteiger partial charge in [0.2, 0.25) is 18.3 Å². The third kappa shape index (κ3) is 5.83. The lowest BCUT2D eigenvalue weighted by molar-refractivity contribution is -0.154. The summed E-state index contributed by atoms with van der Waals surface area (Å²) in [7, 11) is 2.11. The van der Waals surface area contributed by atoms with Gasteiger partial charge in [0, 0.05) is 12.8 Å². The Kier molecular flexibility index (Phi) is 8.06. The van der Waals surface area contributed by atoms with Crippen LogP contribution in [-0.2, 0) is 9.59 Å². The normalized spacial score (nSPS) is 16.7. The quantitative estimate of drug-likeness (QED) is 0.152. The van der Waals surface area contributed by atoms with Crippen LogP contribution < -0.4 is 15.3 Å². The molecule has 1 fully saturated rings. The smallest absolute Gasteiger partial charge is 0.286 e. The molecule has 1 aromatic heterocycles. The van der Waals surface area contributed by atoms with E-state index in [1.165, 1.54) is 6.33 Å². The fourth-order valence-corrected chi connectivity index (χ4v) is 3.24. The van der Waals surface area contributed by atoms with E-state index in [1.54, 1.807) is 0 Å². The van der Waals surface area contributed by atoms with E-state index >= 15 is 0 Å². The Bertz CT molecular complexity index is 656. The maximum Gasteiger partial charge on any atom is 0.333 e. The van der Waals surface area contributed by atoms with Crippen LogP contribution in [0, 0.1) is 5.92 Å². The van der Waals surface area contributed by atoms with Crippen molar-refractivity contribution in [3.05, 3.63) is 6.33 Å². The number of amides is 2. The fraction of sp³-hybridized carbons (Fsp3) is 0.722. The molecule has 0 saturated heterocycles. The summed E-state index contributed by atoms with van der Waals surface area (Å²) < 4.78 is 0.642. The van der Waals surface area contributed by atoms with Crippen LogP contribution in [-0.4, -0.2) is 63.7 Å². The Balaban J connectivity index is 1.99. The van der Waals surface area contributed by atoms with Gasteiger partial charge in [0.1, 0.15) is 6.33 Å². The Morgan fingerprint density at radius 2 is 2.14 bits per heavy atom. The van der Waals surface area contributed by atoms with Crippen molar-refractivity contribution in [2.75, 3.05) is 25.6 Å². The molecule has 0 radical (unpaired) electrons. The number of hydroxylamine groups is 2. The molecule has 2 rings (SSSR count). The number of hydrogen-bond acceptors (Lipinski definition) is 7. The largest absolute Gasteiger partial charge is 0.333 e. The minimum Gasteiger partial charge on any atom is -0.286 e. The molecule has 10 heteroatoms. The van der Waals surface area contributed by atoms with Gasteiger partial charge in [0.25, 0.3) is 0 Å². The second-order valence-electron chi connectivity index (χ2n) is 7.46. The molecule has 1 saturated carbocycles. The SMILES string of the molecule is CCCCCC(CN(O)C=O)C(=O)NNc1ncnc([N@+](C)(CC)C2CC2)n1. The Morgan fingerprint density at radius 3 is 2.75 bits per heavy atom. The standard InChI is InChI=1S/C18H31N7O3/c1-4-6-7-8-14(11-24(28)13-26)16(27)22-23-17-19-12-20-18(21-17)25(3,5-2)15-9-10-15/h12-15,28H,4-11H2,1-3H3,(H-,19,20,21,22,23,27)/p+1/t14?,25-/m1/s1. The first kappa shape index (κ1) is 22.0. The van der Waals surface area contributed by atoms with Gasteiger partial charge in [-0.05, 0) is 13.3 Å². The molecular formula is C18H32N7O3+. The summed E-state index contributed by atoms with van der Waals surface area (Å²) in [6, 6.07) is 0.525. The van der Waals surface area contributed by atoms with Gasteiger partial charge in [-0.25, -0.2) is 5.06 Å². The first-order chi connectivity index (χ1) is 13.4. The molecule has 2 amide bonds. The molecule has 10 nitrogen and oxygen atoms in total. The molecule has 1 aromatic rings. The molecule has 1 unspecified atom stereocenters. The number of carbonyl (C=O) groups excluding carboxylic acids is 2. The van der Waals surface area contributed by atoms with Gasteiger partial charge in [0.05, 0.1) is 32.1 Å². The summed E-state index contributed by atoms with van der Waals surface area (Å²) in [6.45, 7) is 4.99. The van der Waals surface area contributed by atoms with E-state index in [-0.39, 0.29) is 18.4 Å². The molecule has 1 aliphatic carbocycles. The summed E-state index contributed by atoms with van der Waals surface area (Å²) in [5, 5.41) is 9.96. The molecule has 0 aromatic carbocycles. The first-order valence-electron chi connectivity index (χ1n) is 9.96. The molecular weight excluding hydrogens is 362 g/mol. The first-order valence-corrected chi connectivity index (χ1v) is 9.96. The van der Waals surface area contributed by atoms with Crippen molar-refractivity contribution in [2.24, 2.45) is 5.92 Å². The van der Waals surface area contributed by atoms with Crippen molar-refractivity contribution >= 4 is 24.2 Å². The molecule has 2 atom stereocenters. The highest BCUT2D eigenvalue weighted by Gasteiger charge is 2.44. The van der Waals surface area contributed by atoms with Crippen molar-refractivity contribution in [1.29, 1.82) is 0 Å². The predicted molar refractivity (Wildman–Crippen MR) is 105 cm³/mol. The zero-order valence-corrected chi connectivity index (χ0v) is 17.0. The number of carbonyl (C=O) groups is 2. The fourth-order valence-electron chi connectivity index (χ4n) is 3.24. The number of hydrogen-bond donors (Lipinski definition) is 3. The van der Waals surface area contributed by atoms with E-state index < -0.39 is 5.92 Å². The lowest BCUT2D eigenvalue weighted by atomic mass is 10.0. The van der Waals surface area contributed by atoms with E-state index in [9.17, 15) is 14.8 Å². The third-order valence-electron chi connectivity index (χ3n) is 5.38. The highest BCUT2D eigenvalue weighted by atomic mass is 16.5. The molecule has 3 N–H and O–H groups in total. The number of quaternary nitrogens is 1. The van der Waals surface area contributed by atoms with Crippen LogP contribution in [0.15, 0.2) is 6.33 Å². The van der Waals surface area contributed by atoms with Crippen molar-refractivity contribution < 1.29 is 14.8 Å². The van der Waals surface area contributed by atoms with Crippen LogP contribution in [0.25, 0.3) is 0 Å². The summed E-state index contributed by atoms with van der Waals surface area (Å²) in [6.07, 6.45) is 7.46. The summed E-state index contributed by atoms with van der Waals surface area (Å²) in [5.74, 6) is 0.0756. The average molecular weight is 395 g/mol. The molecule has 156 valence electrons. The van der Waals surface area contributed by atoms with Crippen LogP contribution in [0.3, 0.4) is 0 Å². The van der Waals surface area contributed by atoms with Gasteiger partial charge >= 0.3 is 5.95 Å². The van der Waals surface area contributed by atoms with E-state index in [0.29, 0.717) is 34.4 Å². The zero-order valence-electron chi connectivity index (χ0n) is 17.0. The number of hydrazine groups is 1. The minimum atomic E-state index is -0.529. The van der Waals surface area contributed by atoms with Gasteiger partial charge < -0.3 is 0 Å². The molecule has 28 heavy (non-hydrogen) atoms. The summed E-state index contributed by atoms with van der Waals surface area (Å²) >= 11 is 0. The topological polar surface area (TPSA) is 120 Å². The summed E-state index contributed by atoms with van der Waals surface area (Å²) in [4.78, 5) is 36.1. The lowest BCUT2D eigenvalue weighted by Crippen LogP contribution is -2.48. The number of anilines is 1. The van der Waals surface area contributed by atoms with Crippen LogP contribution in [0.5, 0.6) is 0 Å². The second-order valence-corrected chi connectivity index (χ2v) is 7.46. The van der Waals surface area contributed by atoms with Crippen LogP contribution >= 0.6 is 0 Å². The van der Waals surface area contributed by atoms with Gasteiger partial charge in [-0.1, -0.05) is 26.2 Å². The van der Waals surface area contributed by atoms with Gasteiger partial charge in [-0.2, -0.15) is 9.97 Å². The van der Waals surface area contributed by atoms with Crippen molar-refractivity contribution in [3.63, 3.8) is 0 Å². The molecule has 0 spiro atoms. The van der Waals surface area contributed by atoms with E-state index in [4.69, 9.17) is 0 Å². The van der Waals surface area contributed by atoms with Crippen molar-refractivity contribution in [2.45, 2.75) is 58.4 Å². The van der Waals surface area contributed by atoms with Crippen LogP contribution in [0.1, 0.15) is 52.4 Å². The minimum absolute atomic E-state index is 0.0599. The molecule has 0 aliphatic heterocycles. The van der Waals surface area contributed by atoms with E-state index in [2.05, 4.69) is 46.7 Å². The molecule has 0 bridgehead atoms. The van der Waals surface area contributed by atoms with Crippen LogP contribution in [0.2, 0.25) is 0 Å². The van der Waals surface area contributed by atoms with E-state index in [0.717, 1.165) is 38.6 Å². The Morgan fingerprint density at radius 1 is 1.39 bits per heavy atom. The molecule has 1 aliphatic rings. The average Bonchev–Trinajstić information content (AvgIpc) is 3.56. The van der Waals surface area contributed by atoms with Gasteiger partial charge in [-0.3, -0.25) is 30.1 Å². The highest BCUT2D eigenvalue weighted by molar-refractivity contribution is 5.80. The predicted octanol–water partition coefficient (Wildman–Crippen LogP) is 1.48. The monoisotopic (exact) mass is 394 g/mol.